The lowest BCUT2D eigenvalue weighted by molar-refractivity contribution is -0.385. The monoisotopic (exact) mass is 367 g/mol. The molecule has 27 heavy (non-hydrogen) atoms. The van der Waals surface area contributed by atoms with Crippen LogP contribution in [-0.4, -0.2) is 33.9 Å². The predicted molar refractivity (Wildman–Crippen MR) is 99.8 cm³/mol. The van der Waals surface area contributed by atoms with Gasteiger partial charge in [0, 0.05) is 5.56 Å². The maximum atomic E-state index is 12.3. The van der Waals surface area contributed by atoms with E-state index in [1.54, 1.807) is 13.1 Å². The van der Waals surface area contributed by atoms with Crippen molar-refractivity contribution in [3.8, 4) is 5.88 Å². The van der Waals surface area contributed by atoms with Crippen LogP contribution in [0.3, 0.4) is 0 Å². The number of nitrogens with zero attached hydrogens (tertiary/aromatic N) is 4. The molecule has 1 aromatic heterocycles. The molecular formula is C18H17N5O4. The lowest BCUT2D eigenvalue weighted by Gasteiger charge is -2.09. The average molecular weight is 367 g/mol. The van der Waals surface area contributed by atoms with E-state index in [-0.39, 0.29) is 11.6 Å². The van der Waals surface area contributed by atoms with Gasteiger partial charge >= 0.3 is 11.6 Å². The van der Waals surface area contributed by atoms with Gasteiger partial charge in [-0.1, -0.05) is 42.5 Å². The molecule has 0 aliphatic heterocycles. The van der Waals surface area contributed by atoms with Crippen molar-refractivity contribution in [2.24, 2.45) is 5.10 Å². The van der Waals surface area contributed by atoms with Gasteiger partial charge in [0.25, 0.3) is 5.91 Å². The summed E-state index contributed by atoms with van der Waals surface area (Å²) in [4.78, 5) is 22.6. The molecule has 1 heterocycles. The predicted octanol–water partition coefficient (Wildman–Crippen LogP) is 2.66. The first-order valence-electron chi connectivity index (χ1n) is 8.09. The fourth-order valence-electron chi connectivity index (χ4n) is 2.58. The number of ether oxygens (including phenoxy) is 1. The molecule has 3 aromatic rings. The maximum absolute atomic E-state index is 12.3. The van der Waals surface area contributed by atoms with Crippen LogP contribution in [0.2, 0.25) is 0 Å². The standard InChI is InChI=1S/C18H17N5O4/c1-12(22-11-16(23(25)26)18(21-22)27-2)17(24)20-19-10-14-8-5-7-13-6-3-4-9-15(13)14/h3-12H,1-2H3,(H,20,24)/b19-10-/t12-/m1/s1. The summed E-state index contributed by atoms with van der Waals surface area (Å²) in [5, 5.41) is 21.0. The van der Waals surface area contributed by atoms with Crippen LogP contribution in [0.1, 0.15) is 18.5 Å². The number of carbonyl (C=O) groups is 1. The second kappa shape index (κ2) is 7.65. The number of methoxy groups -OCH3 is 1. The van der Waals surface area contributed by atoms with Crippen LogP contribution >= 0.6 is 0 Å². The zero-order chi connectivity index (χ0) is 19.4. The van der Waals surface area contributed by atoms with E-state index in [0.717, 1.165) is 22.5 Å². The summed E-state index contributed by atoms with van der Waals surface area (Å²) in [6, 6.07) is 12.8. The van der Waals surface area contributed by atoms with Gasteiger partial charge in [0.2, 0.25) is 0 Å². The molecule has 1 amide bonds. The van der Waals surface area contributed by atoms with Crippen LogP contribution in [0.25, 0.3) is 10.8 Å². The Morgan fingerprint density at radius 3 is 2.78 bits per heavy atom. The Labute approximate surface area is 154 Å². The Balaban J connectivity index is 1.73. The Hall–Kier alpha value is -3.75. The van der Waals surface area contributed by atoms with E-state index < -0.39 is 16.9 Å². The molecule has 0 saturated heterocycles. The third kappa shape index (κ3) is 3.76. The molecule has 3 rings (SSSR count). The topological polar surface area (TPSA) is 112 Å². The van der Waals surface area contributed by atoms with E-state index in [0.29, 0.717) is 0 Å². The van der Waals surface area contributed by atoms with Crippen molar-refractivity contribution in [3.63, 3.8) is 0 Å². The van der Waals surface area contributed by atoms with Crippen molar-refractivity contribution in [2.75, 3.05) is 7.11 Å². The van der Waals surface area contributed by atoms with E-state index in [1.165, 1.54) is 11.8 Å². The van der Waals surface area contributed by atoms with Gasteiger partial charge in [-0.05, 0) is 17.7 Å². The second-order valence-corrected chi connectivity index (χ2v) is 5.74. The minimum absolute atomic E-state index is 0.154. The zero-order valence-electron chi connectivity index (χ0n) is 14.7. The summed E-state index contributed by atoms with van der Waals surface area (Å²) in [5.74, 6) is -0.620. The maximum Gasteiger partial charge on any atom is 0.350 e. The molecule has 1 N–H and O–H groups in total. The highest BCUT2D eigenvalue weighted by Gasteiger charge is 2.25. The molecule has 0 fully saturated rings. The number of hydrogen-bond acceptors (Lipinski definition) is 6. The summed E-state index contributed by atoms with van der Waals surface area (Å²) < 4.78 is 6.03. The summed E-state index contributed by atoms with van der Waals surface area (Å²) in [6.07, 6.45) is 2.70. The van der Waals surface area contributed by atoms with Gasteiger partial charge in [0.15, 0.2) is 0 Å². The number of benzene rings is 2. The van der Waals surface area contributed by atoms with Crippen LogP contribution in [0.4, 0.5) is 5.69 Å². The molecule has 0 saturated carbocycles. The Bertz CT molecular complexity index is 1020. The SMILES string of the molecule is COc1nn([C@H](C)C(=O)N/N=C\c2cccc3ccccc23)cc1[N+](=O)[O-]. The van der Waals surface area contributed by atoms with Crippen molar-refractivity contribution in [1.82, 2.24) is 15.2 Å². The molecule has 9 nitrogen and oxygen atoms in total. The van der Waals surface area contributed by atoms with E-state index in [4.69, 9.17) is 4.74 Å². The van der Waals surface area contributed by atoms with E-state index >= 15 is 0 Å². The summed E-state index contributed by atoms with van der Waals surface area (Å²) in [7, 11) is 1.28. The Morgan fingerprint density at radius 1 is 1.33 bits per heavy atom. The van der Waals surface area contributed by atoms with Crippen LogP contribution in [0.15, 0.2) is 53.8 Å². The lowest BCUT2D eigenvalue weighted by Crippen LogP contribution is -2.27. The minimum atomic E-state index is -0.808. The molecular weight excluding hydrogens is 350 g/mol. The molecule has 138 valence electrons. The van der Waals surface area contributed by atoms with Gasteiger partial charge in [-0.3, -0.25) is 14.9 Å². The molecule has 9 heteroatoms. The molecule has 0 aliphatic carbocycles. The zero-order valence-corrected chi connectivity index (χ0v) is 14.7. The number of hydrogen-bond donors (Lipinski definition) is 1. The first-order valence-corrected chi connectivity index (χ1v) is 8.09. The third-order valence-corrected chi connectivity index (χ3v) is 4.05. The van der Waals surface area contributed by atoms with Crippen molar-refractivity contribution >= 4 is 28.6 Å². The summed E-state index contributed by atoms with van der Waals surface area (Å²) in [6.45, 7) is 1.55. The number of nitrogens with one attached hydrogen (secondary N) is 1. The van der Waals surface area contributed by atoms with Crippen molar-refractivity contribution in [1.29, 1.82) is 0 Å². The third-order valence-electron chi connectivity index (χ3n) is 4.05. The van der Waals surface area contributed by atoms with Crippen LogP contribution in [-0.2, 0) is 4.79 Å². The summed E-state index contributed by atoms with van der Waals surface area (Å²) in [5.41, 5.74) is 2.98. The first-order chi connectivity index (χ1) is 13.0. The smallest absolute Gasteiger partial charge is 0.350 e. The van der Waals surface area contributed by atoms with Gasteiger partial charge in [-0.15, -0.1) is 5.10 Å². The van der Waals surface area contributed by atoms with E-state index in [2.05, 4.69) is 15.6 Å². The number of carbonyl (C=O) groups excluding carboxylic acids is 1. The largest absolute Gasteiger partial charge is 0.475 e. The van der Waals surface area contributed by atoms with Crippen LogP contribution in [0, 0.1) is 10.1 Å². The Morgan fingerprint density at radius 2 is 2.07 bits per heavy atom. The highest BCUT2D eigenvalue weighted by Crippen LogP contribution is 2.25. The second-order valence-electron chi connectivity index (χ2n) is 5.74. The van der Waals surface area contributed by atoms with E-state index in [9.17, 15) is 14.9 Å². The van der Waals surface area contributed by atoms with Crippen molar-refractivity contribution in [3.05, 3.63) is 64.3 Å². The molecule has 0 unspecified atom stereocenters. The number of rotatable bonds is 6. The van der Waals surface area contributed by atoms with E-state index in [1.807, 2.05) is 42.5 Å². The van der Waals surface area contributed by atoms with Crippen molar-refractivity contribution in [2.45, 2.75) is 13.0 Å². The minimum Gasteiger partial charge on any atom is -0.475 e. The summed E-state index contributed by atoms with van der Waals surface area (Å²) >= 11 is 0. The quantitative estimate of drug-likeness (QED) is 0.409. The molecule has 0 bridgehead atoms. The number of fused-ring (bicyclic) bond motifs is 1. The Kier molecular flexibility index (Phi) is 5.11. The van der Waals surface area contributed by atoms with Crippen molar-refractivity contribution < 1.29 is 14.5 Å². The van der Waals surface area contributed by atoms with Gasteiger partial charge in [-0.25, -0.2) is 10.1 Å². The number of nitro groups is 1. The number of aromatic nitrogens is 2. The van der Waals surface area contributed by atoms with Gasteiger partial charge < -0.3 is 4.74 Å². The average Bonchev–Trinajstić information content (AvgIpc) is 3.12. The fraction of sp³-hybridized carbons (Fsp3) is 0.167. The molecule has 0 spiro atoms. The molecule has 1 atom stereocenters. The highest BCUT2D eigenvalue weighted by atomic mass is 16.6. The van der Waals surface area contributed by atoms with Crippen LogP contribution < -0.4 is 10.2 Å². The molecule has 2 aromatic carbocycles. The first kappa shape index (κ1) is 18.1. The van der Waals surface area contributed by atoms with Gasteiger partial charge in [0.05, 0.1) is 18.2 Å². The van der Waals surface area contributed by atoms with Gasteiger partial charge in [-0.2, -0.15) is 5.10 Å². The number of amides is 1. The molecule has 0 radical (unpaired) electrons. The molecule has 0 aliphatic rings. The highest BCUT2D eigenvalue weighted by molar-refractivity contribution is 6.00. The number of hydrazone groups is 1. The van der Waals surface area contributed by atoms with Gasteiger partial charge in [0.1, 0.15) is 12.2 Å². The normalized spacial score (nSPS) is 12.2. The van der Waals surface area contributed by atoms with Crippen LogP contribution in [0.5, 0.6) is 5.88 Å². The fourth-order valence-corrected chi connectivity index (χ4v) is 2.58. The lowest BCUT2D eigenvalue weighted by atomic mass is 10.1.